The molecular weight excluding hydrogens is 392 g/mol. The number of likely N-dealkylation sites (N-methyl/N-ethyl adjacent to an activating group) is 1. The fourth-order valence-corrected chi connectivity index (χ4v) is 4.33. The number of rotatable bonds is 8. The molecule has 0 aromatic heterocycles. The maximum atomic E-state index is 5.40. The van der Waals surface area contributed by atoms with Crippen molar-refractivity contribution < 1.29 is 9.47 Å². The van der Waals surface area contributed by atoms with Crippen LogP contribution in [0.4, 0.5) is 0 Å². The molecule has 0 aliphatic carbocycles. The summed E-state index contributed by atoms with van der Waals surface area (Å²) in [5, 5.41) is 7.14. The van der Waals surface area contributed by atoms with E-state index in [0.29, 0.717) is 12.1 Å². The van der Waals surface area contributed by atoms with Crippen LogP contribution >= 0.6 is 0 Å². The van der Waals surface area contributed by atoms with Crippen molar-refractivity contribution in [2.75, 3.05) is 74.1 Å². The quantitative estimate of drug-likeness (QED) is 0.471. The lowest BCUT2D eigenvalue weighted by Crippen LogP contribution is -2.53. The number of ether oxygens (including phenoxy) is 2. The van der Waals surface area contributed by atoms with Gasteiger partial charge in [0, 0.05) is 77.6 Å². The van der Waals surface area contributed by atoms with Crippen LogP contribution in [-0.4, -0.2) is 107 Å². The minimum Gasteiger partial charge on any atom is -0.497 e. The highest BCUT2D eigenvalue weighted by molar-refractivity contribution is 5.80. The lowest BCUT2D eigenvalue weighted by Gasteiger charge is -2.36. The van der Waals surface area contributed by atoms with E-state index in [9.17, 15) is 0 Å². The number of methoxy groups -OCH3 is 2. The van der Waals surface area contributed by atoms with E-state index in [4.69, 9.17) is 9.47 Å². The van der Waals surface area contributed by atoms with E-state index in [0.717, 1.165) is 76.2 Å². The summed E-state index contributed by atoms with van der Waals surface area (Å²) in [5.41, 5.74) is 1.21. The molecule has 3 rings (SSSR count). The lowest BCUT2D eigenvalue weighted by atomic mass is 10.2. The van der Waals surface area contributed by atoms with Crippen LogP contribution < -0.4 is 20.1 Å². The SMILES string of the molecule is CN=C(NCC(C)N1CCN(C)CC1)NC1CCN(Cc2cc(OC)cc(OC)c2)C1. The molecule has 2 aliphatic heterocycles. The van der Waals surface area contributed by atoms with Crippen LogP contribution in [0.1, 0.15) is 18.9 Å². The maximum absolute atomic E-state index is 5.40. The van der Waals surface area contributed by atoms with Crippen LogP contribution in [0, 0.1) is 0 Å². The van der Waals surface area contributed by atoms with Gasteiger partial charge in [0.25, 0.3) is 0 Å². The Bertz CT molecular complexity index is 698. The topological polar surface area (TPSA) is 64.6 Å². The third-order valence-electron chi connectivity index (χ3n) is 6.38. The Morgan fingerprint density at radius 3 is 2.39 bits per heavy atom. The zero-order valence-corrected chi connectivity index (χ0v) is 19.9. The van der Waals surface area contributed by atoms with Gasteiger partial charge in [-0.2, -0.15) is 0 Å². The van der Waals surface area contributed by atoms with E-state index < -0.39 is 0 Å². The Hall–Kier alpha value is -2.03. The smallest absolute Gasteiger partial charge is 0.191 e. The van der Waals surface area contributed by atoms with Gasteiger partial charge in [-0.1, -0.05) is 0 Å². The second kappa shape index (κ2) is 11.5. The van der Waals surface area contributed by atoms with Crippen molar-refractivity contribution in [3.05, 3.63) is 23.8 Å². The van der Waals surface area contributed by atoms with Crippen molar-refractivity contribution in [2.24, 2.45) is 4.99 Å². The van der Waals surface area contributed by atoms with Gasteiger partial charge in [0.2, 0.25) is 0 Å². The van der Waals surface area contributed by atoms with Crippen LogP contribution in [0.5, 0.6) is 11.5 Å². The molecular formula is C23H40N6O2. The predicted octanol–water partition coefficient (Wildman–Crippen LogP) is 1.08. The summed E-state index contributed by atoms with van der Waals surface area (Å²) < 4.78 is 10.8. The molecule has 174 valence electrons. The summed E-state index contributed by atoms with van der Waals surface area (Å²) in [4.78, 5) is 11.9. The second-order valence-electron chi connectivity index (χ2n) is 8.73. The lowest BCUT2D eigenvalue weighted by molar-refractivity contribution is 0.120. The van der Waals surface area contributed by atoms with Gasteiger partial charge in [-0.25, -0.2) is 0 Å². The highest BCUT2D eigenvalue weighted by Gasteiger charge is 2.24. The Labute approximate surface area is 187 Å². The molecule has 0 bridgehead atoms. The molecule has 2 fully saturated rings. The van der Waals surface area contributed by atoms with E-state index in [2.05, 4.69) is 56.4 Å². The van der Waals surface area contributed by atoms with Crippen molar-refractivity contribution in [1.82, 2.24) is 25.3 Å². The van der Waals surface area contributed by atoms with E-state index in [-0.39, 0.29) is 0 Å². The number of piperazine rings is 1. The second-order valence-corrected chi connectivity index (χ2v) is 8.73. The van der Waals surface area contributed by atoms with Crippen LogP contribution in [0.25, 0.3) is 0 Å². The number of likely N-dealkylation sites (tertiary alicyclic amines) is 1. The molecule has 2 unspecified atom stereocenters. The molecule has 1 aromatic carbocycles. The fraction of sp³-hybridized carbons (Fsp3) is 0.696. The van der Waals surface area contributed by atoms with Gasteiger partial charge in [-0.3, -0.25) is 14.8 Å². The first-order chi connectivity index (χ1) is 15.0. The van der Waals surface area contributed by atoms with Crippen LogP contribution in [-0.2, 0) is 6.54 Å². The average molecular weight is 433 g/mol. The van der Waals surface area contributed by atoms with Gasteiger partial charge in [-0.05, 0) is 38.1 Å². The van der Waals surface area contributed by atoms with Crippen molar-refractivity contribution in [2.45, 2.75) is 32.0 Å². The van der Waals surface area contributed by atoms with Gasteiger partial charge < -0.3 is 25.0 Å². The predicted molar refractivity (Wildman–Crippen MR) is 126 cm³/mol. The molecule has 0 saturated carbocycles. The number of benzene rings is 1. The first-order valence-electron chi connectivity index (χ1n) is 11.3. The van der Waals surface area contributed by atoms with Gasteiger partial charge in [0.05, 0.1) is 14.2 Å². The number of aliphatic imine (C=N–C) groups is 1. The summed E-state index contributed by atoms with van der Waals surface area (Å²) in [6, 6.07) is 6.98. The molecule has 2 aliphatic rings. The zero-order valence-electron chi connectivity index (χ0n) is 19.9. The van der Waals surface area contributed by atoms with E-state index in [1.54, 1.807) is 14.2 Å². The molecule has 0 spiro atoms. The summed E-state index contributed by atoms with van der Waals surface area (Å²) in [7, 11) is 7.43. The van der Waals surface area contributed by atoms with Gasteiger partial charge in [0.15, 0.2) is 5.96 Å². The first kappa shape index (κ1) is 23.6. The third kappa shape index (κ3) is 6.98. The van der Waals surface area contributed by atoms with Crippen molar-refractivity contribution in [1.29, 1.82) is 0 Å². The molecule has 0 amide bonds. The molecule has 2 saturated heterocycles. The van der Waals surface area contributed by atoms with Gasteiger partial charge in [0.1, 0.15) is 11.5 Å². The molecule has 8 nitrogen and oxygen atoms in total. The van der Waals surface area contributed by atoms with Gasteiger partial charge >= 0.3 is 0 Å². The minimum atomic E-state index is 0.401. The molecule has 2 N–H and O–H groups in total. The number of nitrogens with one attached hydrogen (secondary N) is 2. The van der Waals surface area contributed by atoms with E-state index >= 15 is 0 Å². The Morgan fingerprint density at radius 2 is 1.77 bits per heavy atom. The van der Waals surface area contributed by atoms with Crippen LogP contribution in [0.2, 0.25) is 0 Å². The summed E-state index contributed by atoms with van der Waals surface area (Å²) in [5.74, 6) is 2.57. The molecule has 1 aromatic rings. The highest BCUT2D eigenvalue weighted by Crippen LogP contribution is 2.24. The Kier molecular flexibility index (Phi) is 8.80. The maximum Gasteiger partial charge on any atom is 0.191 e. The average Bonchev–Trinajstić information content (AvgIpc) is 3.23. The molecule has 2 atom stereocenters. The van der Waals surface area contributed by atoms with Crippen LogP contribution in [0.15, 0.2) is 23.2 Å². The Morgan fingerprint density at radius 1 is 1.10 bits per heavy atom. The van der Waals surface area contributed by atoms with Crippen molar-refractivity contribution in [3.8, 4) is 11.5 Å². The number of hydrogen-bond acceptors (Lipinski definition) is 6. The first-order valence-corrected chi connectivity index (χ1v) is 11.3. The highest BCUT2D eigenvalue weighted by atomic mass is 16.5. The zero-order chi connectivity index (χ0) is 22.2. The largest absolute Gasteiger partial charge is 0.497 e. The van der Waals surface area contributed by atoms with Crippen molar-refractivity contribution >= 4 is 5.96 Å². The standard InChI is InChI=1S/C23H40N6O2/c1-18(29-10-8-27(3)9-11-29)15-25-23(24-2)26-20-6-7-28(17-20)16-19-12-21(30-4)14-22(13-19)31-5/h12-14,18,20H,6-11,15-17H2,1-5H3,(H2,24,25,26). The monoisotopic (exact) mass is 432 g/mol. The number of guanidine groups is 1. The number of hydrogen-bond donors (Lipinski definition) is 2. The molecule has 8 heteroatoms. The Balaban J connectivity index is 1.44. The van der Waals surface area contributed by atoms with Crippen LogP contribution in [0.3, 0.4) is 0 Å². The molecule has 31 heavy (non-hydrogen) atoms. The normalized spacial score (nSPS) is 22.4. The molecule has 2 heterocycles. The van der Waals surface area contributed by atoms with Gasteiger partial charge in [-0.15, -0.1) is 0 Å². The third-order valence-corrected chi connectivity index (χ3v) is 6.38. The summed E-state index contributed by atoms with van der Waals surface area (Å²) in [6.45, 7) is 10.7. The summed E-state index contributed by atoms with van der Waals surface area (Å²) >= 11 is 0. The molecule has 0 radical (unpaired) electrons. The van der Waals surface area contributed by atoms with Crippen molar-refractivity contribution in [3.63, 3.8) is 0 Å². The summed E-state index contributed by atoms with van der Waals surface area (Å²) in [6.07, 6.45) is 1.11. The minimum absolute atomic E-state index is 0.401. The number of nitrogens with zero attached hydrogens (tertiary/aromatic N) is 4. The fourth-order valence-electron chi connectivity index (χ4n) is 4.33. The van der Waals surface area contributed by atoms with E-state index in [1.165, 1.54) is 5.56 Å². The van der Waals surface area contributed by atoms with E-state index in [1.807, 2.05) is 13.1 Å².